The number of rotatable bonds is 3. The summed E-state index contributed by atoms with van der Waals surface area (Å²) in [6, 6.07) is 13.7. The lowest BCUT2D eigenvalue weighted by Crippen LogP contribution is -1.91. The van der Waals surface area contributed by atoms with E-state index in [0.717, 1.165) is 11.4 Å². The molecule has 0 aliphatic rings. The van der Waals surface area contributed by atoms with Gasteiger partial charge in [-0.3, -0.25) is 0 Å². The van der Waals surface area contributed by atoms with Crippen LogP contribution < -0.4 is 5.32 Å². The summed E-state index contributed by atoms with van der Waals surface area (Å²) in [5, 5.41) is 12.0. The SMILES string of the molecule is CSc1ccc(Nc2ccnc(C#N)c2)cc1. The molecule has 0 aliphatic heterocycles. The molecule has 1 heterocycles. The third kappa shape index (κ3) is 2.99. The first-order valence-corrected chi connectivity index (χ1v) is 6.31. The van der Waals surface area contributed by atoms with Crippen LogP contribution in [0.1, 0.15) is 5.69 Å². The summed E-state index contributed by atoms with van der Waals surface area (Å²) in [5.41, 5.74) is 2.28. The van der Waals surface area contributed by atoms with Gasteiger partial charge in [-0.1, -0.05) is 0 Å². The number of anilines is 2. The molecule has 0 saturated heterocycles. The van der Waals surface area contributed by atoms with E-state index < -0.39 is 0 Å². The van der Waals surface area contributed by atoms with Crippen LogP contribution in [0.4, 0.5) is 11.4 Å². The molecular weight excluding hydrogens is 230 g/mol. The summed E-state index contributed by atoms with van der Waals surface area (Å²) in [6.45, 7) is 0. The van der Waals surface area contributed by atoms with Crippen LogP contribution in [0.5, 0.6) is 0 Å². The van der Waals surface area contributed by atoms with Gasteiger partial charge in [0.1, 0.15) is 11.8 Å². The maximum absolute atomic E-state index is 8.75. The lowest BCUT2D eigenvalue weighted by atomic mass is 10.3. The fourth-order valence-electron chi connectivity index (χ4n) is 1.41. The van der Waals surface area contributed by atoms with E-state index in [0.29, 0.717) is 5.69 Å². The van der Waals surface area contributed by atoms with E-state index in [4.69, 9.17) is 5.26 Å². The molecular formula is C13H11N3S. The molecule has 0 saturated carbocycles. The number of hydrogen-bond donors (Lipinski definition) is 1. The summed E-state index contributed by atoms with van der Waals surface area (Å²) < 4.78 is 0. The van der Waals surface area contributed by atoms with Crippen molar-refractivity contribution in [2.45, 2.75) is 4.90 Å². The zero-order chi connectivity index (χ0) is 12.1. The highest BCUT2D eigenvalue weighted by Gasteiger charge is 1.97. The van der Waals surface area contributed by atoms with Gasteiger partial charge in [0.15, 0.2) is 0 Å². The van der Waals surface area contributed by atoms with Gasteiger partial charge in [0.25, 0.3) is 0 Å². The van der Waals surface area contributed by atoms with Crippen molar-refractivity contribution in [2.24, 2.45) is 0 Å². The molecule has 2 aromatic rings. The molecule has 4 heteroatoms. The normalized spacial score (nSPS) is 9.65. The molecule has 0 aliphatic carbocycles. The molecule has 1 aromatic carbocycles. The number of nitrogens with one attached hydrogen (secondary N) is 1. The van der Waals surface area contributed by atoms with Gasteiger partial charge in [0, 0.05) is 22.5 Å². The van der Waals surface area contributed by atoms with E-state index in [9.17, 15) is 0 Å². The third-order valence-corrected chi connectivity index (χ3v) is 3.00. The first-order chi connectivity index (χ1) is 8.31. The van der Waals surface area contributed by atoms with E-state index in [2.05, 4.69) is 22.4 Å². The zero-order valence-corrected chi connectivity index (χ0v) is 10.2. The second-order valence-electron chi connectivity index (χ2n) is 3.40. The Labute approximate surface area is 105 Å². The summed E-state index contributed by atoms with van der Waals surface area (Å²) in [7, 11) is 0. The van der Waals surface area contributed by atoms with Crippen molar-refractivity contribution in [2.75, 3.05) is 11.6 Å². The molecule has 1 N–H and O–H groups in total. The van der Waals surface area contributed by atoms with Crippen molar-refractivity contribution in [3.63, 3.8) is 0 Å². The predicted molar refractivity (Wildman–Crippen MR) is 70.5 cm³/mol. The largest absolute Gasteiger partial charge is 0.355 e. The first kappa shape index (κ1) is 11.5. The van der Waals surface area contributed by atoms with Crippen LogP contribution in [-0.4, -0.2) is 11.2 Å². The molecule has 0 amide bonds. The molecule has 17 heavy (non-hydrogen) atoms. The second-order valence-corrected chi connectivity index (χ2v) is 4.27. The maximum atomic E-state index is 8.75. The monoisotopic (exact) mass is 241 g/mol. The van der Waals surface area contributed by atoms with Gasteiger partial charge in [0.05, 0.1) is 0 Å². The minimum atomic E-state index is 0.413. The lowest BCUT2D eigenvalue weighted by Gasteiger charge is -2.06. The van der Waals surface area contributed by atoms with Gasteiger partial charge in [-0.15, -0.1) is 11.8 Å². The van der Waals surface area contributed by atoms with Crippen LogP contribution in [0.3, 0.4) is 0 Å². The molecule has 0 bridgehead atoms. The topological polar surface area (TPSA) is 48.7 Å². The van der Waals surface area contributed by atoms with Gasteiger partial charge in [-0.25, -0.2) is 4.98 Å². The number of nitrogens with zero attached hydrogens (tertiary/aromatic N) is 2. The van der Waals surface area contributed by atoms with Crippen LogP contribution in [-0.2, 0) is 0 Å². The summed E-state index contributed by atoms with van der Waals surface area (Å²) in [6.07, 6.45) is 3.67. The summed E-state index contributed by atoms with van der Waals surface area (Å²) in [4.78, 5) is 5.15. The van der Waals surface area contributed by atoms with Gasteiger partial charge >= 0.3 is 0 Å². The van der Waals surface area contributed by atoms with Gasteiger partial charge in [0.2, 0.25) is 0 Å². The number of aromatic nitrogens is 1. The third-order valence-electron chi connectivity index (χ3n) is 2.25. The minimum Gasteiger partial charge on any atom is -0.355 e. The fraction of sp³-hybridized carbons (Fsp3) is 0.0769. The summed E-state index contributed by atoms with van der Waals surface area (Å²) in [5.74, 6) is 0. The van der Waals surface area contributed by atoms with Crippen LogP contribution in [0.2, 0.25) is 0 Å². The average Bonchev–Trinajstić information content (AvgIpc) is 2.40. The second kappa shape index (κ2) is 5.37. The Balaban J connectivity index is 2.16. The van der Waals surface area contributed by atoms with E-state index in [1.54, 1.807) is 24.0 Å². The van der Waals surface area contributed by atoms with Crippen molar-refractivity contribution in [1.82, 2.24) is 4.98 Å². The molecule has 1 aromatic heterocycles. The quantitative estimate of drug-likeness (QED) is 0.836. The Bertz CT molecular complexity index is 543. The molecule has 0 spiro atoms. The van der Waals surface area contributed by atoms with E-state index >= 15 is 0 Å². The maximum Gasteiger partial charge on any atom is 0.142 e. The number of thioether (sulfide) groups is 1. The highest BCUT2D eigenvalue weighted by atomic mass is 32.2. The van der Waals surface area contributed by atoms with E-state index in [-0.39, 0.29) is 0 Å². The van der Waals surface area contributed by atoms with Crippen molar-refractivity contribution < 1.29 is 0 Å². The van der Waals surface area contributed by atoms with Crippen molar-refractivity contribution in [3.05, 3.63) is 48.3 Å². The lowest BCUT2D eigenvalue weighted by molar-refractivity contribution is 1.26. The van der Waals surface area contributed by atoms with Crippen LogP contribution in [0.25, 0.3) is 0 Å². The van der Waals surface area contributed by atoms with Crippen molar-refractivity contribution in [3.8, 4) is 6.07 Å². The number of pyridine rings is 1. The number of benzene rings is 1. The Hall–Kier alpha value is -1.99. The highest BCUT2D eigenvalue weighted by molar-refractivity contribution is 7.98. The summed E-state index contributed by atoms with van der Waals surface area (Å²) >= 11 is 1.71. The van der Waals surface area contributed by atoms with Gasteiger partial charge < -0.3 is 5.32 Å². The zero-order valence-electron chi connectivity index (χ0n) is 9.34. The Morgan fingerprint density at radius 2 is 1.94 bits per heavy atom. The molecule has 0 unspecified atom stereocenters. The van der Waals surface area contributed by atoms with E-state index in [1.807, 2.05) is 30.5 Å². The Morgan fingerprint density at radius 3 is 2.59 bits per heavy atom. The molecule has 3 nitrogen and oxygen atoms in total. The molecule has 2 rings (SSSR count). The smallest absolute Gasteiger partial charge is 0.142 e. The molecule has 0 fully saturated rings. The number of nitriles is 1. The fourth-order valence-corrected chi connectivity index (χ4v) is 1.82. The van der Waals surface area contributed by atoms with Gasteiger partial charge in [-0.05, 0) is 42.7 Å². The Morgan fingerprint density at radius 1 is 1.18 bits per heavy atom. The molecule has 0 atom stereocenters. The molecule has 84 valence electrons. The molecule has 0 radical (unpaired) electrons. The average molecular weight is 241 g/mol. The van der Waals surface area contributed by atoms with Crippen LogP contribution >= 0.6 is 11.8 Å². The highest BCUT2D eigenvalue weighted by Crippen LogP contribution is 2.20. The van der Waals surface area contributed by atoms with Gasteiger partial charge in [-0.2, -0.15) is 5.26 Å². The van der Waals surface area contributed by atoms with E-state index in [1.165, 1.54) is 4.90 Å². The van der Waals surface area contributed by atoms with Crippen LogP contribution in [0.15, 0.2) is 47.5 Å². The Kier molecular flexibility index (Phi) is 3.63. The standard InChI is InChI=1S/C13H11N3S/c1-17-13-4-2-10(3-5-13)16-11-6-7-15-12(8-11)9-14/h2-8H,1H3,(H,15,16). The number of hydrogen-bond acceptors (Lipinski definition) is 4. The minimum absolute atomic E-state index is 0.413. The predicted octanol–water partition coefficient (Wildman–Crippen LogP) is 3.42. The van der Waals surface area contributed by atoms with Crippen molar-refractivity contribution >= 4 is 23.1 Å². The first-order valence-electron chi connectivity index (χ1n) is 5.09. The van der Waals surface area contributed by atoms with Crippen LogP contribution in [0, 0.1) is 11.3 Å². The van der Waals surface area contributed by atoms with Crippen molar-refractivity contribution in [1.29, 1.82) is 5.26 Å².